The molecule has 0 radical (unpaired) electrons. The highest BCUT2D eigenvalue weighted by molar-refractivity contribution is 5.85. The molecule has 1 aliphatic heterocycles. The van der Waals surface area contributed by atoms with Crippen LogP contribution >= 0.6 is 12.4 Å². The van der Waals surface area contributed by atoms with Gasteiger partial charge in [0.1, 0.15) is 0 Å². The molecule has 0 aromatic rings. The zero-order valence-electron chi connectivity index (χ0n) is 9.63. The number of carbonyl (C=O) groups excluding carboxylic acids is 1. The van der Waals surface area contributed by atoms with Crippen molar-refractivity contribution in [3.8, 4) is 0 Å². The van der Waals surface area contributed by atoms with Gasteiger partial charge in [-0.2, -0.15) is 0 Å². The Bertz CT molecular complexity index is 236. The minimum absolute atomic E-state index is 0. The number of hydrogen-bond donors (Lipinski definition) is 1. The maximum atomic E-state index is 11.6. The molecule has 1 amide bonds. The Balaban J connectivity index is 0.00000169. The Kier molecular flexibility index (Phi) is 3.63. The van der Waals surface area contributed by atoms with Gasteiger partial charge in [-0.3, -0.25) is 4.79 Å². The zero-order valence-corrected chi connectivity index (χ0v) is 10.4. The van der Waals surface area contributed by atoms with Gasteiger partial charge >= 0.3 is 0 Å². The molecule has 4 heteroatoms. The Morgan fingerprint density at radius 2 is 1.79 bits per heavy atom. The first-order valence-electron chi connectivity index (χ1n) is 4.77. The van der Waals surface area contributed by atoms with E-state index < -0.39 is 0 Å². The fourth-order valence-corrected chi connectivity index (χ4v) is 1.66. The first-order chi connectivity index (χ1) is 5.70. The first kappa shape index (κ1) is 13.7. The van der Waals surface area contributed by atoms with Gasteiger partial charge in [0.05, 0.1) is 6.04 Å². The lowest BCUT2D eigenvalue weighted by molar-refractivity contribution is -0.168. The second kappa shape index (κ2) is 3.70. The summed E-state index contributed by atoms with van der Waals surface area (Å²) in [5.74, 6) is 0.0596. The quantitative estimate of drug-likeness (QED) is 0.726. The molecule has 14 heavy (non-hydrogen) atoms. The van der Waals surface area contributed by atoms with Gasteiger partial charge in [-0.05, 0) is 20.8 Å². The van der Waals surface area contributed by atoms with Crippen molar-refractivity contribution in [3.05, 3.63) is 0 Å². The number of carbonyl (C=O) groups is 1. The van der Waals surface area contributed by atoms with Crippen molar-refractivity contribution in [1.82, 2.24) is 4.90 Å². The maximum Gasteiger partial charge on any atom is 0.239 e. The molecule has 0 spiro atoms. The molecule has 0 unspecified atom stereocenters. The molecule has 1 atom stereocenters. The minimum atomic E-state index is -0.379. The molecule has 1 fully saturated rings. The summed E-state index contributed by atoms with van der Waals surface area (Å²) in [4.78, 5) is 13.5. The third-order valence-electron chi connectivity index (χ3n) is 3.54. The average Bonchev–Trinajstić information content (AvgIpc) is 1.98. The van der Waals surface area contributed by atoms with Gasteiger partial charge in [0, 0.05) is 17.5 Å². The summed E-state index contributed by atoms with van der Waals surface area (Å²) < 4.78 is 0. The fourth-order valence-electron chi connectivity index (χ4n) is 1.66. The van der Waals surface area contributed by atoms with E-state index in [0.717, 1.165) is 6.54 Å². The van der Waals surface area contributed by atoms with Crippen LogP contribution < -0.4 is 5.73 Å². The predicted octanol–water partition coefficient (Wildman–Crippen LogP) is 1.40. The lowest BCUT2D eigenvalue weighted by atomic mass is 9.65. The van der Waals surface area contributed by atoms with Crippen LogP contribution in [-0.2, 0) is 4.79 Å². The normalized spacial score (nSPS) is 24.6. The highest BCUT2D eigenvalue weighted by Gasteiger charge is 2.54. The monoisotopic (exact) mass is 220 g/mol. The molecule has 1 heterocycles. The van der Waals surface area contributed by atoms with Crippen LogP contribution in [0.2, 0.25) is 0 Å². The Hall–Kier alpha value is -0.280. The third kappa shape index (κ3) is 1.75. The van der Waals surface area contributed by atoms with Crippen LogP contribution in [0.3, 0.4) is 0 Å². The number of hydrogen-bond acceptors (Lipinski definition) is 2. The van der Waals surface area contributed by atoms with Gasteiger partial charge in [-0.1, -0.05) is 13.8 Å². The van der Waals surface area contributed by atoms with Crippen molar-refractivity contribution in [2.75, 3.05) is 6.54 Å². The number of amides is 1. The first-order valence-corrected chi connectivity index (χ1v) is 4.77. The van der Waals surface area contributed by atoms with Crippen LogP contribution in [-0.4, -0.2) is 28.9 Å². The maximum absolute atomic E-state index is 11.6. The number of nitrogens with zero attached hydrogens (tertiary/aromatic N) is 1. The van der Waals surface area contributed by atoms with Gasteiger partial charge < -0.3 is 10.6 Å². The van der Waals surface area contributed by atoms with Crippen LogP contribution in [0.4, 0.5) is 0 Å². The predicted molar refractivity (Wildman–Crippen MR) is 60.5 cm³/mol. The summed E-state index contributed by atoms with van der Waals surface area (Å²) in [7, 11) is 0. The Morgan fingerprint density at radius 1 is 1.36 bits per heavy atom. The molecule has 2 N–H and O–H groups in total. The van der Waals surface area contributed by atoms with E-state index in [1.807, 2.05) is 4.90 Å². The van der Waals surface area contributed by atoms with Gasteiger partial charge in [-0.25, -0.2) is 0 Å². The van der Waals surface area contributed by atoms with E-state index in [2.05, 4.69) is 27.7 Å². The molecule has 0 bridgehead atoms. The third-order valence-corrected chi connectivity index (χ3v) is 3.54. The topological polar surface area (TPSA) is 46.3 Å². The van der Waals surface area contributed by atoms with Crippen molar-refractivity contribution >= 4 is 18.3 Å². The lowest BCUT2D eigenvalue weighted by Crippen LogP contribution is -2.72. The molecule has 0 aromatic carbocycles. The van der Waals surface area contributed by atoms with Crippen molar-refractivity contribution in [1.29, 1.82) is 0 Å². The summed E-state index contributed by atoms with van der Waals surface area (Å²) in [5.41, 5.74) is 5.71. The van der Waals surface area contributed by atoms with Crippen LogP contribution in [0.15, 0.2) is 0 Å². The van der Waals surface area contributed by atoms with E-state index >= 15 is 0 Å². The summed E-state index contributed by atoms with van der Waals surface area (Å²) in [6.07, 6.45) is 0. The van der Waals surface area contributed by atoms with Crippen molar-refractivity contribution in [2.24, 2.45) is 11.1 Å². The van der Waals surface area contributed by atoms with E-state index in [4.69, 9.17) is 5.73 Å². The molecule has 1 rings (SSSR count). The van der Waals surface area contributed by atoms with Crippen LogP contribution in [0.5, 0.6) is 0 Å². The smallest absolute Gasteiger partial charge is 0.239 e. The summed E-state index contributed by atoms with van der Waals surface area (Å²) in [6, 6.07) is -0.379. The number of rotatable bonds is 1. The standard InChI is InChI=1S/C10H20N2O.ClH/c1-7(11)8(13)12-6-9(2,3)10(12,4)5;/h7H,6,11H2,1-5H3;1H/t7-;/m0./s1. The second-order valence-electron chi connectivity index (χ2n) is 5.16. The molecule has 1 aliphatic rings. The van der Waals surface area contributed by atoms with Crippen LogP contribution in [0.25, 0.3) is 0 Å². The fraction of sp³-hybridized carbons (Fsp3) is 0.900. The SMILES string of the molecule is C[C@H](N)C(=O)N1CC(C)(C)C1(C)C.Cl. The zero-order chi connectivity index (χ0) is 10.4. The summed E-state index contributed by atoms with van der Waals surface area (Å²) in [6.45, 7) is 11.1. The molecule has 0 aromatic heterocycles. The molecular weight excluding hydrogens is 200 g/mol. The molecule has 0 aliphatic carbocycles. The van der Waals surface area contributed by atoms with E-state index in [0.29, 0.717) is 0 Å². The highest BCUT2D eigenvalue weighted by Crippen LogP contribution is 2.46. The number of likely N-dealkylation sites (tertiary alicyclic amines) is 1. The van der Waals surface area contributed by atoms with Crippen molar-refractivity contribution in [3.63, 3.8) is 0 Å². The van der Waals surface area contributed by atoms with Gasteiger partial charge in [-0.15, -0.1) is 12.4 Å². The Labute approximate surface area is 92.4 Å². The van der Waals surface area contributed by atoms with Gasteiger partial charge in [0.15, 0.2) is 0 Å². The molecule has 1 saturated heterocycles. The van der Waals surface area contributed by atoms with E-state index in [-0.39, 0.29) is 35.3 Å². The molecule has 3 nitrogen and oxygen atoms in total. The van der Waals surface area contributed by atoms with Gasteiger partial charge in [0.2, 0.25) is 5.91 Å². The van der Waals surface area contributed by atoms with E-state index in [1.54, 1.807) is 6.92 Å². The largest absolute Gasteiger partial charge is 0.335 e. The van der Waals surface area contributed by atoms with Crippen molar-refractivity contribution in [2.45, 2.75) is 46.2 Å². The van der Waals surface area contributed by atoms with Gasteiger partial charge in [0.25, 0.3) is 0 Å². The van der Waals surface area contributed by atoms with Crippen molar-refractivity contribution < 1.29 is 4.79 Å². The van der Waals surface area contributed by atoms with Crippen LogP contribution in [0, 0.1) is 5.41 Å². The van der Waals surface area contributed by atoms with E-state index in [1.165, 1.54) is 0 Å². The summed E-state index contributed by atoms with van der Waals surface area (Å²) in [5, 5.41) is 0. The molecule has 84 valence electrons. The number of nitrogens with two attached hydrogens (primary N) is 1. The Morgan fingerprint density at radius 3 is 2.00 bits per heavy atom. The second-order valence-corrected chi connectivity index (χ2v) is 5.16. The van der Waals surface area contributed by atoms with E-state index in [9.17, 15) is 4.79 Å². The molecule has 0 saturated carbocycles. The molecular formula is C10H21ClN2O. The minimum Gasteiger partial charge on any atom is -0.335 e. The average molecular weight is 221 g/mol. The highest BCUT2D eigenvalue weighted by atomic mass is 35.5. The number of halogens is 1. The lowest BCUT2D eigenvalue weighted by Gasteiger charge is -2.61. The van der Waals surface area contributed by atoms with Crippen LogP contribution in [0.1, 0.15) is 34.6 Å². The summed E-state index contributed by atoms with van der Waals surface area (Å²) >= 11 is 0.